The molecule has 0 unspecified atom stereocenters. The number of nitrogens with zero attached hydrogens (tertiary/aromatic N) is 1. The van der Waals surface area contributed by atoms with Crippen molar-refractivity contribution in [1.82, 2.24) is 0 Å². The maximum Gasteiger partial charge on any atom is 0.416 e. The fourth-order valence-corrected chi connectivity index (χ4v) is 2.64. The smallest absolute Gasteiger partial charge is 0.372 e. The Kier molecular flexibility index (Phi) is 4.07. The molecular weight excluding hydrogens is 251 g/mol. The summed E-state index contributed by atoms with van der Waals surface area (Å²) in [6, 6.07) is 4.79. The first-order valence-electron chi connectivity index (χ1n) is 6.85. The SMILES string of the molecule is CC(C)c1ccc(N2CCCCC2)cc1C(F)(F)F. The zero-order valence-electron chi connectivity index (χ0n) is 11.4. The van der Waals surface area contributed by atoms with Gasteiger partial charge in [-0.2, -0.15) is 13.2 Å². The van der Waals surface area contributed by atoms with Crippen LogP contribution in [0.5, 0.6) is 0 Å². The number of anilines is 1. The van der Waals surface area contributed by atoms with Gasteiger partial charge in [0.15, 0.2) is 0 Å². The van der Waals surface area contributed by atoms with Crippen LogP contribution in [0.25, 0.3) is 0 Å². The molecule has 1 aromatic rings. The van der Waals surface area contributed by atoms with E-state index in [1.54, 1.807) is 19.9 Å². The number of hydrogen-bond acceptors (Lipinski definition) is 1. The lowest BCUT2D eigenvalue weighted by atomic mass is 9.95. The Morgan fingerprint density at radius 1 is 1.05 bits per heavy atom. The molecule has 0 atom stereocenters. The van der Waals surface area contributed by atoms with E-state index in [-0.39, 0.29) is 5.92 Å². The van der Waals surface area contributed by atoms with Crippen molar-refractivity contribution in [2.45, 2.75) is 45.2 Å². The van der Waals surface area contributed by atoms with E-state index < -0.39 is 11.7 Å². The summed E-state index contributed by atoms with van der Waals surface area (Å²) in [5, 5.41) is 0. The molecule has 1 aromatic carbocycles. The van der Waals surface area contributed by atoms with Gasteiger partial charge in [0, 0.05) is 18.8 Å². The van der Waals surface area contributed by atoms with Gasteiger partial charge in [0.1, 0.15) is 0 Å². The standard InChI is InChI=1S/C15H20F3N/c1-11(2)13-7-6-12(10-14(13)15(16,17)18)19-8-4-3-5-9-19/h6-7,10-11H,3-5,8-9H2,1-2H3. The Labute approximate surface area is 112 Å². The normalized spacial score (nSPS) is 17.1. The van der Waals surface area contributed by atoms with Crippen molar-refractivity contribution < 1.29 is 13.2 Å². The number of benzene rings is 1. The minimum Gasteiger partial charge on any atom is -0.372 e. The molecule has 2 rings (SSSR count). The van der Waals surface area contributed by atoms with Crippen molar-refractivity contribution in [2.75, 3.05) is 18.0 Å². The summed E-state index contributed by atoms with van der Waals surface area (Å²) in [4.78, 5) is 2.06. The third-order valence-corrected chi connectivity index (χ3v) is 3.69. The van der Waals surface area contributed by atoms with Crippen molar-refractivity contribution in [1.29, 1.82) is 0 Å². The summed E-state index contributed by atoms with van der Waals surface area (Å²) in [6.07, 6.45) is -0.974. The van der Waals surface area contributed by atoms with E-state index in [4.69, 9.17) is 0 Å². The molecule has 0 aromatic heterocycles. The third kappa shape index (κ3) is 3.23. The molecule has 1 fully saturated rings. The van der Waals surface area contributed by atoms with Crippen LogP contribution in [0, 0.1) is 0 Å². The summed E-state index contributed by atoms with van der Waals surface area (Å²) >= 11 is 0. The number of hydrogen-bond donors (Lipinski definition) is 0. The number of alkyl halides is 3. The molecule has 0 saturated carbocycles. The highest BCUT2D eigenvalue weighted by Gasteiger charge is 2.34. The maximum absolute atomic E-state index is 13.1. The van der Waals surface area contributed by atoms with E-state index in [1.807, 2.05) is 6.07 Å². The van der Waals surface area contributed by atoms with E-state index in [2.05, 4.69) is 4.90 Å². The molecule has 0 spiro atoms. The van der Waals surface area contributed by atoms with Gasteiger partial charge in [0.2, 0.25) is 0 Å². The molecule has 0 radical (unpaired) electrons. The molecule has 0 N–H and O–H groups in total. The summed E-state index contributed by atoms with van der Waals surface area (Å²) < 4.78 is 39.4. The largest absolute Gasteiger partial charge is 0.416 e. The molecule has 0 amide bonds. The topological polar surface area (TPSA) is 3.24 Å². The zero-order valence-corrected chi connectivity index (χ0v) is 11.4. The highest BCUT2D eigenvalue weighted by atomic mass is 19.4. The second-order valence-electron chi connectivity index (χ2n) is 5.47. The minimum absolute atomic E-state index is 0.118. The lowest BCUT2D eigenvalue weighted by Gasteiger charge is -2.30. The second-order valence-corrected chi connectivity index (χ2v) is 5.47. The Morgan fingerprint density at radius 3 is 2.21 bits per heavy atom. The summed E-state index contributed by atoms with van der Waals surface area (Å²) in [5.74, 6) is -0.118. The van der Waals surface area contributed by atoms with Gasteiger partial charge in [0.25, 0.3) is 0 Å². The van der Waals surface area contributed by atoms with Crippen molar-refractivity contribution in [2.24, 2.45) is 0 Å². The fraction of sp³-hybridized carbons (Fsp3) is 0.600. The zero-order chi connectivity index (χ0) is 14.0. The summed E-state index contributed by atoms with van der Waals surface area (Å²) in [5.41, 5.74) is 0.607. The number of halogens is 3. The van der Waals surface area contributed by atoms with Crippen LogP contribution < -0.4 is 4.90 Å². The van der Waals surface area contributed by atoms with Crippen LogP contribution >= 0.6 is 0 Å². The van der Waals surface area contributed by atoms with Gasteiger partial charge in [-0.3, -0.25) is 0 Å². The van der Waals surface area contributed by atoms with Gasteiger partial charge < -0.3 is 4.90 Å². The number of piperidine rings is 1. The van der Waals surface area contributed by atoms with Crippen molar-refractivity contribution in [3.05, 3.63) is 29.3 Å². The predicted octanol–water partition coefficient (Wildman–Crippen LogP) is 4.82. The molecule has 1 nitrogen and oxygen atoms in total. The Bertz CT molecular complexity index is 432. The van der Waals surface area contributed by atoms with Gasteiger partial charge in [0.05, 0.1) is 5.56 Å². The van der Waals surface area contributed by atoms with Crippen LogP contribution in [0.4, 0.5) is 18.9 Å². The van der Waals surface area contributed by atoms with Crippen LogP contribution in [0.2, 0.25) is 0 Å². The van der Waals surface area contributed by atoms with E-state index in [0.29, 0.717) is 11.3 Å². The minimum atomic E-state index is -4.27. The van der Waals surface area contributed by atoms with Crippen LogP contribution in [0.3, 0.4) is 0 Å². The highest BCUT2D eigenvalue weighted by molar-refractivity contribution is 5.52. The van der Waals surface area contributed by atoms with Crippen LogP contribution in [0.15, 0.2) is 18.2 Å². The van der Waals surface area contributed by atoms with E-state index in [9.17, 15) is 13.2 Å². The molecule has 4 heteroatoms. The maximum atomic E-state index is 13.1. The van der Waals surface area contributed by atoms with Crippen molar-refractivity contribution in [3.63, 3.8) is 0 Å². The van der Waals surface area contributed by atoms with Gasteiger partial charge in [-0.1, -0.05) is 19.9 Å². The Morgan fingerprint density at radius 2 is 1.68 bits per heavy atom. The van der Waals surface area contributed by atoms with Gasteiger partial charge in [-0.15, -0.1) is 0 Å². The third-order valence-electron chi connectivity index (χ3n) is 3.69. The Balaban J connectivity index is 2.37. The number of rotatable bonds is 2. The molecule has 1 aliphatic heterocycles. The van der Waals surface area contributed by atoms with Crippen LogP contribution in [-0.4, -0.2) is 13.1 Å². The first-order chi connectivity index (χ1) is 8.89. The second kappa shape index (κ2) is 5.43. The highest BCUT2D eigenvalue weighted by Crippen LogP contribution is 2.37. The van der Waals surface area contributed by atoms with Crippen LogP contribution in [-0.2, 0) is 6.18 Å². The molecule has 1 heterocycles. The van der Waals surface area contributed by atoms with E-state index in [0.717, 1.165) is 25.9 Å². The molecule has 1 aliphatic rings. The average Bonchev–Trinajstić information content (AvgIpc) is 2.38. The molecule has 0 bridgehead atoms. The van der Waals surface area contributed by atoms with Gasteiger partial charge >= 0.3 is 6.18 Å². The molecule has 1 saturated heterocycles. The van der Waals surface area contributed by atoms with E-state index >= 15 is 0 Å². The quantitative estimate of drug-likeness (QED) is 0.745. The van der Waals surface area contributed by atoms with Crippen molar-refractivity contribution >= 4 is 5.69 Å². The summed E-state index contributed by atoms with van der Waals surface area (Å²) in [7, 11) is 0. The average molecular weight is 271 g/mol. The van der Waals surface area contributed by atoms with E-state index in [1.165, 1.54) is 12.5 Å². The lowest BCUT2D eigenvalue weighted by Crippen LogP contribution is -2.29. The van der Waals surface area contributed by atoms with Gasteiger partial charge in [-0.05, 0) is 42.9 Å². The first-order valence-corrected chi connectivity index (χ1v) is 6.85. The predicted molar refractivity (Wildman–Crippen MR) is 71.6 cm³/mol. The molecule has 19 heavy (non-hydrogen) atoms. The van der Waals surface area contributed by atoms with Gasteiger partial charge in [-0.25, -0.2) is 0 Å². The Hall–Kier alpha value is -1.19. The lowest BCUT2D eigenvalue weighted by molar-refractivity contribution is -0.138. The molecular formula is C15H20F3N. The molecule has 0 aliphatic carbocycles. The van der Waals surface area contributed by atoms with Crippen molar-refractivity contribution in [3.8, 4) is 0 Å². The van der Waals surface area contributed by atoms with Crippen LogP contribution in [0.1, 0.15) is 50.2 Å². The fourth-order valence-electron chi connectivity index (χ4n) is 2.64. The monoisotopic (exact) mass is 271 g/mol. The molecule has 106 valence electrons. The summed E-state index contributed by atoms with van der Waals surface area (Å²) in [6.45, 7) is 5.31. The first kappa shape index (κ1) is 14.2.